The first-order valence-corrected chi connectivity index (χ1v) is 7.39. The van der Waals surface area contributed by atoms with Crippen LogP contribution in [0.4, 0.5) is 4.79 Å². The summed E-state index contributed by atoms with van der Waals surface area (Å²) in [6, 6.07) is 2.89. The Morgan fingerprint density at radius 3 is 2.73 bits per heavy atom. The lowest BCUT2D eigenvalue weighted by Gasteiger charge is -2.28. The monoisotopic (exact) mass is 306 g/mol. The van der Waals surface area contributed by atoms with E-state index in [-0.39, 0.29) is 5.92 Å². The zero-order valence-corrected chi connectivity index (χ0v) is 13.2. The van der Waals surface area contributed by atoms with Crippen molar-refractivity contribution in [2.24, 2.45) is 5.92 Å². The maximum atomic E-state index is 12.2. The Bertz CT molecular complexity index is 539. The highest BCUT2D eigenvalue weighted by atomic mass is 16.6. The van der Waals surface area contributed by atoms with Crippen LogP contribution in [-0.4, -0.2) is 45.2 Å². The summed E-state index contributed by atoms with van der Waals surface area (Å²) >= 11 is 0. The maximum Gasteiger partial charge on any atom is 0.411 e. The molecule has 0 bridgehead atoms. The molecule has 1 fully saturated rings. The standard InChI is InChI=1S/C16H22N2O4/c1-16(2,3)22-15(21)18-8-6-12(13(18)14(19)20)9-11-5-4-7-17-10-11/h4-5,7,10,12-13H,6,8-9H2,1-3H3,(H,19,20)/t12-,13+/m1/s1. The smallest absolute Gasteiger partial charge is 0.411 e. The van der Waals surface area contributed by atoms with E-state index in [9.17, 15) is 14.7 Å². The Kier molecular flexibility index (Phi) is 4.68. The molecule has 0 spiro atoms. The second-order valence-electron chi connectivity index (χ2n) is 6.57. The second-order valence-corrected chi connectivity index (χ2v) is 6.57. The van der Waals surface area contributed by atoms with E-state index < -0.39 is 23.7 Å². The van der Waals surface area contributed by atoms with E-state index in [4.69, 9.17) is 4.74 Å². The molecule has 22 heavy (non-hydrogen) atoms. The fourth-order valence-corrected chi connectivity index (χ4v) is 2.75. The number of nitrogens with zero attached hydrogens (tertiary/aromatic N) is 2. The number of likely N-dealkylation sites (tertiary alicyclic amines) is 1. The average molecular weight is 306 g/mol. The fraction of sp³-hybridized carbons (Fsp3) is 0.562. The average Bonchev–Trinajstić information content (AvgIpc) is 2.82. The molecule has 6 heteroatoms. The SMILES string of the molecule is CC(C)(C)OC(=O)N1CC[C@H](Cc2cccnc2)[C@H]1C(=O)O. The number of carbonyl (C=O) groups excluding carboxylic acids is 1. The summed E-state index contributed by atoms with van der Waals surface area (Å²) in [5.41, 5.74) is 0.339. The summed E-state index contributed by atoms with van der Waals surface area (Å²) in [6.45, 7) is 5.70. The molecule has 1 N–H and O–H groups in total. The lowest BCUT2D eigenvalue weighted by Crippen LogP contribution is -2.45. The molecular formula is C16H22N2O4. The van der Waals surface area contributed by atoms with Crippen molar-refractivity contribution in [3.8, 4) is 0 Å². The lowest BCUT2D eigenvalue weighted by molar-refractivity contribution is -0.143. The zero-order valence-electron chi connectivity index (χ0n) is 13.2. The van der Waals surface area contributed by atoms with Gasteiger partial charge in [0.25, 0.3) is 0 Å². The Labute approximate surface area is 130 Å². The predicted octanol–water partition coefficient (Wildman–Crippen LogP) is 2.33. The van der Waals surface area contributed by atoms with Gasteiger partial charge in [-0.25, -0.2) is 9.59 Å². The van der Waals surface area contributed by atoms with Crippen molar-refractivity contribution in [2.75, 3.05) is 6.54 Å². The Balaban J connectivity index is 2.11. The number of carbonyl (C=O) groups is 2. The van der Waals surface area contributed by atoms with Crippen LogP contribution in [0.1, 0.15) is 32.8 Å². The fourth-order valence-electron chi connectivity index (χ4n) is 2.75. The largest absolute Gasteiger partial charge is 0.480 e. The molecule has 1 aliphatic rings. The summed E-state index contributed by atoms with van der Waals surface area (Å²) in [4.78, 5) is 29.2. The molecule has 1 saturated heterocycles. The number of aliphatic carboxylic acids is 1. The highest BCUT2D eigenvalue weighted by molar-refractivity contribution is 5.81. The van der Waals surface area contributed by atoms with Crippen LogP contribution in [0, 0.1) is 5.92 Å². The zero-order chi connectivity index (χ0) is 16.3. The molecule has 1 aromatic heterocycles. The number of hydrogen-bond acceptors (Lipinski definition) is 4. The van der Waals surface area contributed by atoms with Crippen molar-refractivity contribution in [1.82, 2.24) is 9.88 Å². The van der Waals surface area contributed by atoms with E-state index >= 15 is 0 Å². The van der Waals surface area contributed by atoms with Gasteiger partial charge in [-0.05, 0) is 51.2 Å². The Hall–Kier alpha value is -2.11. The van der Waals surface area contributed by atoms with E-state index in [1.54, 1.807) is 33.2 Å². The Morgan fingerprint density at radius 2 is 2.18 bits per heavy atom. The van der Waals surface area contributed by atoms with Crippen molar-refractivity contribution in [2.45, 2.75) is 45.3 Å². The molecule has 2 heterocycles. The van der Waals surface area contributed by atoms with Gasteiger partial charge in [-0.3, -0.25) is 9.88 Å². The predicted molar refractivity (Wildman–Crippen MR) is 80.4 cm³/mol. The number of carboxylic acids is 1. The van der Waals surface area contributed by atoms with Crippen molar-refractivity contribution >= 4 is 12.1 Å². The number of rotatable bonds is 3. The third-order valence-electron chi connectivity index (χ3n) is 3.62. The molecule has 1 amide bonds. The van der Waals surface area contributed by atoms with Gasteiger partial charge in [-0.1, -0.05) is 6.07 Å². The van der Waals surface area contributed by atoms with Crippen molar-refractivity contribution < 1.29 is 19.4 Å². The van der Waals surface area contributed by atoms with Crippen molar-refractivity contribution in [3.05, 3.63) is 30.1 Å². The van der Waals surface area contributed by atoms with E-state index in [0.717, 1.165) is 5.56 Å². The van der Waals surface area contributed by atoms with Crippen LogP contribution < -0.4 is 0 Å². The minimum Gasteiger partial charge on any atom is -0.480 e. The van der Waals surface area contributed by atoms with Gasteiger partial charge in [-0.2, -0.15) is 0 Å². The number of carboxylic acid groups (broad SMARTS) is 1. The molecule has 0 unspecified atom stereocenters. The quantitative estimate of drug-likeness (QED) is 0.927. The minimum absolute atomic E-state index is 0.130. The summed E-state index contributed by atoms with van der Waals surface area (Å²) in [5.74, 6) is -1.12. The van der Waals surface area contributed by atoms with E-state index in [2.05, 4.69) is 4.98 Å². The normalized spacial score (nSPS) is 21.7. The molecule has 0 aromatic carbocycles. The molecule has 0 radical (unpaired) electrons. The van der Waals surface area contributed by atoms with Crippen LogP contribution in [0.5, 0.6) is 0 Å². The van der Waals surface area contributed by atoms with Crippen LogP contribution in [0.25, 0.3) is 0 Å². The third-order valence-corrected chi connectivity index (χ3v) is 3.62. The summed E-state index contributed by atoms with van der Waals surface area (Å²) in [5, 5.41) is 9.51. The number of aromatic nitrogens is 1. The van der Waals surface area contributed by atoms with Crippen LogP contribution in [-0.2, 0) is 16.0 Å². The van der Waals surface area contributed by atoms with Crippen LogP contribution >= 0.6 is 0 Å². The molecule has 2 atom stereocenters. The first kappa shape index (κ1) is 16.3. The van der Waals surface area contributed by atoms with Crippen LogP contribution in [0.2, 0.25) is 0 Å². The van der Waals surface area contributed by atoms with Crippen LogP contribution in [0.3, 0.4) is 0 Å². The van der Waals surface area contributed by atoms with E-state index in [0.29, 0.717) is 19.4 Å². The molecular weight excluding hydrogens is 284 g/mol. The van der Waals surface area contributed by atoms with Gasteiger partial charge in [0.1, 0.15) is 11.6 Å². The number of amides is 1. The highest BCUT2D eigenvalue weighted by Gasteiger charge is 2.43. The lowest BCUT2D eigenvalue weighted by atomic mass is 9.93. The number of ether oxygens (including phenoxy) is 1. The summed E-state index contributed by atoms with van der Waals surface area (Å²) in [6.07, 6.45) is 4.08. The molecule has 2 rings (SSSR count). The van der Waals surface area contributed by atoms with Gasteiger partial charge in [0.15, 0.2) is 0 Å². The highest BCUT2D eigenvalue weighted by Crippen LogP contribution is 2.29. The first-order chi connectivity index (χ1) is 10.3. The van der Waals surface area contributed by atoms with Crippen molar-refractivity contribution in [3.63, 3.8) is 0 Å². The number of hydrogen-bond donors (Lipinski definition) is 1. The van der Waals surface area contributed by atoms with Crippen molar-refractivity contribution in [1.29, 1.82) is 0 Å². The summed E-state index contributed by atoms with van der Waals surface area (Å²) < 4.78 is 5.31. The second kappa shape index (κ2) is 6.34. The molecule has 6 nitrogen and oxygen atoms in total. The number of pyridine rings is 1. The van der Waals surface area contributed by atoms with Gasteiger partial charge in [0.2, 0.25) is 0 Å². The molecule has 0 saturated carbocycles. The van der Waals surface area contributed by atoms with Gasteiger partial charge in [-0.15, -0.1) is 0 Å². The Morgan fingerprint density at radius 1 is 1.45 bits per heavy atom. The van der Waals surface area contributed by atoms with Gasteiger partial charge in [0.05, 0.1) is 0 Å². The summed E-state index contributed by atoms with van der Waals surface area (Å²) in [7, 11) is 0. The molecule has 1 aromatic rings. The van der Waals surface area contributed by atoms with Gasteiger partial charge in [0, 0.05) is 18.9 Å². The van der Waals surface area contributed by atoms with Crippen LogP contribution in [0.15, 0.2) is 24.5 Å². The molecule has 120 valence electrons. The third kappa shape index (κ3) is 3.96. The maximum absolute atomic E-state index is 12.2. The van der Waals surface area contributed by atoms with Gasteiger partial charge >= 0.3 is 12.1 Å². The minimum atomic E-state index is -0.989. The van der Waals surface area contributed by atoms with Gasteiger partial charge < -0.3 is 9.84 Å². The topological polar surface area (TPSA) is 79.7 Å². The van der Waals surface area contributed by atoms with E-state index in [1.807, 2.05) is 12.1 Å². The first-order valence-electron chi connectivity index (χ1n) is 7.39. The molecule has 1 aliphatic heterocycles. The molecule has 0 aliphatic carbocycles. The van der Waals surface area contributed by atoms with E-state index in [1.165, 1.54) is 4.90 Å².